The summed E-state index contributed by atoms with van der Waals surface area (Å²) in [5, 5.41) is 12.0. The number of pyridine rings is 1. The molecule has 0 amide bonds. The average Bonchev–Trinajstić information content (AvgIpc) is 2.47. The molecule has 2 N–H and O–H groups in total. The second-order valence-corrected chi connectivity index (χ2v) is 4.42. The van der Waals surface area contributed by atoms with Gasteiger partial charge in [0.25, 0.3) is 0 Å². The topological polar surface area (TPSA) is 91.3 Å². The van der Waals surface area contributed by atoms with Crippen LogP contribution in [0.2, 0.25) is 0 Å². The van der Waals surface area contributed by atoms with Crippen molar-refractivity contribution < 1.29 is 9.66 Å². The van der Waals surface area contributed by atoms with Crippen molar-refractivity contribution in [1.29, 1.82) is 0 Å². The molecule has 1 heterocycles. The number of aromatic nitrogens is 1. The molecule has 0 bridgehead atoms. The minimum Gasteiger partial charge on any atom is -0.448 e. The van der Waals surface area contributed by atoms with Gasteiger partial charge in [0.2, 0.25) is 5.75 Å². The van der Waals surface area contributed by atoms with E-state index in [4.69, 9.17) is 10.5 Å². The van der Waals surface area contributed by atoms with Gasteiger partial charge in [0.05, 0.1) is 16.6 Å². The highest BCUT2D eigenvalue weighted by molar-refractivity contribution is 5.79. The summed E-state index contributed by atoms with van der Waals surface area (Å²) in [4.78, 5) is 14.8. The molecule has 0 saturated heterocycles. The lowest BCUT2D eigenvalue weighted by atomic mass is 10.2. The van der Waals surface area contributed by atoms with Gasteiger partial charge in [0.1, 0.15) is 11.4 Å². The van der Waals surface area contributed by atoms with E-state index in [1.807, 2.05) is 24.3 Å². The Morgan fingerprint density at radius 3 is 2.76 bits per heavy atom. The third-order valence-corrected chi connectivity index (χ3v) is 3.01. The van der Waals surface area contributed by atoms with Crippen molar-refractivity contribution in [2.24, 2.45) is 0 Å². The molecule has 3 rings (SSSR count). The summed E-state index contributed by atoms with van der Waals surface area (Å²) in [5.41, 5.74) is 6.27. The largest absolute Gasteiger partial charge is 0.448 e. The summed E-state index contributed by atoms with van der Waals surface area (Å²) in [7, 11) is 0. The molecule has 0 fully saturated rings. The van der Waals surface area contributed by atoms with E-state index in [9.17, 15) is 10.1 Å². The molecule has 0 saturated carbocycles. The molecule has 104 valence electrons. The average molecular weight is 281 g/mol. The van der Waals surface area contributed by atoms with Gasteiger partial charge in [-0.3, -0.25) is 15.1 Å². The van der Waals surface area contributed by atoms with Crippen LogP contribution in [0.5, 0.6) is 11.5 Å². The van der Waals surface area contributed by atoms with Crippen molar-refractivity contribution >= 4 is 22.3 Å². The van der Waals surface area contributed by atoms with E-state index in [0.717, 1.165) is 10.9 Å². The predicted octanol–water partition coefficient (Wildman–Crippen LogP) is 3.52. The quantitative estimate of drug-likeness (QED) is 0.450. The Bertz CT molecular complexity index is 833. The Morgan fingerprint density at radius 2 is 1.95 bits per heavy atom. The molecular formula is C15H11N3O3. The van der Waals surface area contributed by atoms with E-state index in [0.29, 0.717) is 5.75 Å². The maximum absolute atomic E-state index is 11.1. The Morgan fingerprint density at radius 1 is 1.14 bits per heavy atom. The molecule has 1 aromatic heterocycles. The highest BCUT2D eigenvalue weighted by Crippen LogP contribution is 2.36. The van der Waals surface area contributed by atoms with E-state index in [1.54, 1.807) is 12.1 Å². The molecule has 0 atom stereocenters. The number of ether oxygens (including phenoxy) is 1. The molecule has 0 spiro atoms. The summed E-state index contributed by atoms with van der Waals surface area (Å²) in [6.07, 6.45) is 1.52. The molecule has 6 heteroatoms. The van der Waals surface area contributed by atoms with Crippen LogP contribution in [-0.4, -0.2) is 9.91 Å². The zero-order valence-corrected chi connectivity index (χ0v) is 10.9. The number of nitrogens with two attached hydrogens (primary N) is 1. The maximum atomic E-state index is 11.1. The molecule has 0 aliphatic carbocycles. The lowest BCUT2D eigenvalue weighted by molar-refractivity contribution is -0.384. The van der Waals surface area contributed by atoms with Crippen LogP contribution in [0.25, 0.3) is 10.9 Å². The lowest BCUT2D eigenvalue weighted by Gasteiger charge is -2.08. The molecule has 6 nitrogen and oxygen atoms in total. The van der Waals surface area contributed by atoms with Crippen LogP contribution in [0.3, 0.4) is 0 Å². The van der Waals surface area contributed by atoms with Gasteiger partial charge in [-0.25, -0.2) is 0 Å². The van der Waals surface area contributed by atoms with Crippen LogP contribution < -0.4 is 10.5 Å². The number of nitro benzene ring substituents is 1. The number of hydrogen-bond donors (Lipinski definition) is 1. The minimum atomic E-state index is -0.556. The van der Waals surface area contributed by atoms with Crippen LogP contribution in [0.1, 0.15) is 0 Å². The fourth-order valence-corrected chi connectivity index (χ4v) is 2.05. The van der Waals surface area contributed by atoms with Crippen molar-refractivity contribution in [2.45, 2.75) is 0 Å². The number of nitrogen functional groups attached to an aromatic ring is 1. The van der Waals surface area contributed by atoms with E-state index < -0.39 is 4.92 Å². The zero-order valence-electron chi connectivity index (χ0n) is 10.9. The molecule has 21 heavy (non-hydrogen) atoms. The third-order valence-electron chi connectivity index (χ3n) is 3.01. The molecule has 0 aliphatic rings. The van der Waals surface area contributed by atoms with Gasteiger partial charge in [-0.2, -0.15) is 0 Å². The lowest BCUT2D eigenvalue weighted by Crippen LogP contribution is -1.98. The van der Waals surface area contributed by atoms with Crippen molar-refractivity contribution in [3.63, 3.8) is 0 Å². The molecular weight excluding hydrogens is 270 g/mol. The van der Waals surface area contributed by atoms with Crippen LogP contribution >= 0.6 is 0 Å². The van der Waals surface area contributed by atoms with Crippen LogP contribution in [0, 0.1) is 10.1 Å². The summed E-state index contributed by atoms with van der Waals surface area (Å²) in [5.74, 6) is 0.513. The van der Waals surface area contributed by atoms with Gasteiger partial charge in [-0.1, -0.05) is 24.3 Å². The molecule has 0 aliphatic heterocycles. The van der Waals surface area contributed by atoms with Gasteiger partial charge in [0, 0.05) is 5.39 Å². The van der Waals surface area contributed by atoms with Crippen LogP contribution in [0.15, 0.2) is 54.7 Å². The van der Waals surface area contributed by atoms with Crippen molar-refractivity contribution in [3.05, 3.63) is 64.8 Å². The smallest absolute Gasteiger partial charge is 0.334 e. The van der Waals surface area contributed by atoms with Gasteiger partial charge in [-0.15, -0.1) is 0 Å². The highest BCUT2D eigenvalue weighted by atomic mass is 16.6. The van der Waals surface area contributed by atoms with Crippen LogP contribution in [0.4, 0.5) is 11.4 Å². The second kappa shape index (κ2) is 5.09. The van der Waals surface area contributed by atoms with E-state index in [2.05, 4.69) is 4.98 Å². The third kappa shape index (κ3) is 2.46. The number of nitro groups is 1. The van der Waals surface area contributed by atoms with Gasteiger partial charge in [-0.05, 0) is 24.3 Å². The fraction of sp³-hybridized carbons (Fsp3) is 0. The Kier molecular flexibility index (Phi) is 3.12. The van der Waals surface area contributed by atoms with Crippen molar-refractivity contribution in [2.75, 3.05) is 5.73 Å². The first-order valence-electron chi connectivity index (χ1n) is 6.20. The molecule has 0 unspecified atom stereocenters. The second-order valence-electron chi connectivity index (χ2n) is 4.42. The summed E-state index contributed by atoms with van der Waals surface area (Å²) in [6.45, 7) is 0. The number of anilines is 1. The number of para-hydroxylation sites is 2. The normalized spacial score (nSPS) is 10.5. The Hall–Kier alpha value is -3.15. The zero-order chi connectivity index (χ0) is 14.8. The summed E-state index contributed by atoms with van der Waals surface area (Å²) < 4.78 is 5.58. The predicted molar refractivity (Wildman–Crippen MR) is 79.3 cm³/mol. The summed E-state index contributed by atoms with van der Waals surface area (Å²) >= 11 is 0. The number of fused-ring (bicyclic) bond motifs is 1. The first-order chi connectivity index (χ1) is 10.1. The highest BCUT2D eigenvalue weighted by Gasteiger charge is 2.19. The van der Waals surface area contributed by atoms with E-state index in [1.165, 1.54) is 18.3 Å². The van der Waals surface area contributed by atoms with Crippen molar-refractivity contribution in [1.82, 2.24) is 4.98 Å². The Labute approximate surface area is 119 Å². The van der Waals surface area contributed by atoms with Gasteiger partial charge in [0.15, 0.2) is 0 Å². The van der Waals surface area contributed by atoms with E-state index in [-0.39, 0.29) is 17.1 Å². The SMILES string of the molecule is Nc1cccc(Oc2cnc3ccccc3c2)c1[N+](=O)[O-]. The van der Waals surface area contributed by atoms with E-state index >= 15 is 0 Å². The molecule has 3 aromatic rings. The van der Waals surface area contributed by atoms with Gasteiger partial charge >= 0.3 is 5.69 Å². The van der Waals surface area contributed by atoms with Gasteiger partial charge < -0.3 is 10.5 Å². The number of rotatable bonds is 3. The number of benzene rings is 2. The Balaban J connectivity index is 2.02. The molecule has 2 aromatic carbocycles. The maximum Gasteiger partial charge on any atom is 0.334 e. The fourth-order valence-electron chi connectivity index (χ4n) is 2.05. The first kappa shape index (κ1) is 12.9. The first-order valence-corrected chi connectivity index (χ1v) is 6.20. The number of nitrogens with zero attached hydrogens (tertiary/aromatic N) is 2. The minimum absolute atomic E-state index is 0.0613. The van der Waals surface area contributed by atoms with Crippen LogP contribution in [-0.2, 0) is 0 Å². The van der Waals surface area contributed by atoms with Crippen molar-refractivity contribution in [3.8, 4) is 11.5 Å². The monoisotopic (exact) mass is 281 g/mol. The molecule has 0 radical (unpaired) electrons. The standard InChI is InChI=1S/C15H11N3O3/c16-12-5-3-7-14(15(12)18(19)20)21-11-8-10-4-1-2-6-13(10)17-9-11/h1-9H,16H2. The summed E-state index contributed by atoms with van der Waals surface area (Å²) in [6, 6.07) is 13.9. The number of hydrogen-bond acceptors (Lipinski definition) is 5.